The molecule has 0 fully saturated rings. The largest absolute Gasteiger partial charge is 0.417 e. The molecule has 0 atom stereocenters. The Morgan fingerprint density at radius 3 is 2.68 bits per heavy atom. The van der Waals surface area contributed by atoms with Crippen LogP contribution in [0.3, 0.4) is 0 Å². The van der Waals surface area contributed by atoms with Crippen molar-refractivity contribution in [2.75, 3.05) is 0 Å². The Kier molecular flexibility index (Phi) is 3.46. The second-order valence-electron chi connectivity index (χ2n) is 5.56. The number of carbonyl (C=O) groups excluding carboxylic acids is 1. The lowest BCUT2D eigenvalue weighted by Crippen LogP contribution is -2.24. The molecule has 124 valence electrons. The fraction of sp³-hybridized carbons (Fsp3) is 0.0556. The predicted molar refractivity (Wildman–Crippen MR) is 92.6 cm³/mol. The van der Waals surface area contributed by atoms with E-state index >= 15 is 0 Å². The molecular weight excluding hydrogens is 322 g/mol. The van der Waals surface area contributed by atoms with Crippen LogP contribution in [0.2, 0.25) is 0 Å². The number of H-pyrrole nitrogens is 2. The van der Waals surface area contributed by atoms with Gasteiger partial charge in [-0.25, -0.2) is 4.79 Å². The maximum atomic E-state index is 12.5. The van der Waals surface area contributed by atoms with E-state index in [1.807, 2.05) is 12.1 Å². The highest BCUT2D eigenvalue weighted by atomic mass is 16.4. The molecule has 7 nitrogen and oxygen atoms in total. The third-order valence-electron chi connectivity index (χ3n) is 4.04. The van der Waals surface area contributed by atoms with Gasteiger partial charge in [0.15, 0.2) is 5.58 Å². The minimum atomic E-state index is -0.609. The highest BCUT2D eigenvalue weighted by molar-refractivity contribution is 6.04. The van der Waals surface area contributed by atoms with Crippen LogP contribution >= 0.6 is 0 Å². The first kappa shape index (κ1) is 14.9. The number of fused-ring (bicyclic) bond motifs is 2. The number of hydrogen-bond acceptors (Lipinski definition) is 4. The minimum absolute atomic E-state index is 0.175. The lowest BCUT2D eigenvalue weighted by molar-refractivity contribution is 0.0952. The molecule has 2 aromatic heterocycles. The van der Waals surface area contributed by atoms with Crippen molar-refractivity contribution in [3.05, 3.63) is 80.7 Å². The summed E-state index contributed by atoms with van der Waals surface area (Å²) in [5, 5.41) is 4.15. The molecule has 2 heterocycles. The van der Waals surface area contributed by atoms with Crippen LogP contribution in [0, 0.1) is 0 Å². The lowest BCUT2D eigenvalue weighted by atomic mass is 10.1. The third-order valence-corrected chi connectivity index (χ3v) is 4.04. The maximum Gasteiger partial charge on any atom is 0.417 e. The third kappa shape index (κ3) is 2.61. The van der Waals surface area contributed by atoms with E-state index in [9.17, 15) is 14.4 Å². The van der Waals surface area contributed by atoms with Gasteiger partial charge in [-0.05, 0) is 29.1 Å². The van der Waals surface area contributed by atoms with Crippen LogP contribution in [0.4, 0.5) is 0 Å². The molecule has 0 bridgehead atoms. The van der Waals surface area contributed by atoms with Gasteiger partial charge in [-0.3, -0.25) is 14.6 Å². The van der Waals surface area contributed by atoms with Crippen LogP contribution in [0.5, 0.6) is 0 Å². The fourth-order valence-electron chi connectivity index (χ4n) is 2.85. The number of nitrogens with one attached hydrogen (secondary N) is 3. The van der Waals surface area contributed by atoms with Gasteiger partial charge in [-0.15, -0.1) is 0 Å². The molecule has 0 unspecified atom stereocenters. The SMILES string of the molecule is O=C(NCc1c[nH]c(=O)c2ccccc12)c1cccc2oc(=O)[nH]c12. The summed E-state index contributed by atoms with van der Waals surface area (Å²) in [4.78, 5) is 40.9. The van der Waals surface area contributed by atoms with Crippen molar-refractivity contribution in [3.8, 4) is 0 Å². The summed E-state index contributed by atoms with van der Waals surface area (Å²) < 4.78 is 4.96. The summed E-state index contributed by atoms with van der Waals surface area (Å²) in [6.45, 7) is 0.231. The number of pyridine rings is 1. The first-order chi connectivity index (χ1) is 12.1. The van der Waals surface area contributed by atoms with Crippen molar-refractivity contribution < 1.29 is 9.21 Å². The molecule has 4 rings (SSSR count). The van der Waals surface area contributed by atoms with Gasteiger partial charge in [0.1, 0.15) is 0 Å². The zero-order valence-electron chi connectivity index (χ0n) is 13.0. The Bertz CT molecular complexity index is 1220. The number of carbonyl (C=O) groups is 1. The summed E-state index contributed by atoms with van der Waals surface area (Å²) in [7, 11) is 0. The summed E-state index contributed by atoms with van der Waals surface area (Å²) in [6, 6.07) is 12.0. The lowest BCUT2D eigenvalue weighted by Gasteiger charge is -2.08. The van der Waals surface area contributed by atoms with Crippen molar-refractivity contribution in [2.24, 2.45) is 0 Å². The van der Waals surface area contributed by atoms with Gasteiger partial charge >= 0.3 is 5.76 Å². The van der Waals surface area contributed by atoms with Gasteiger partial charge in [-0.2, -0.15) is 0 Å². The number of aromatic nitrogens is 2. The normalized spacial score (nSPS) is 11.0. The van der Waals surface area contributed by atoms with E-state index in [0.717, 1.165) is 10.9 Å². The Morgan fingerprint density at radius 1 is 1.04 bits per heavy atom. The zero-order chi connectivity index (χ0) is 17.4. The van der Waals surface area contributed by atoms with Gasteiger partial charge in [0.05, 0.1) is 11.1 Å². The van der Waals surface area contributed by atoms with Gasteiger partial charge in [0.2, 0.25) is 0 Å². The number of para-hydroxylation sites is 1. The molecule has 0 saturated heterocycles. The van der Waals surface area contributed by atoms with Gasteiger partial charge in [-0.1, -0.05) is 24.3 Å². The highest BCUT2D eigenvalue weighted by Crippen LogP contribution is 2.16. The molecule has 0 aliphatic heterocycles. The Balaban J connectivity index is 1.65. The first-order valence-corrected chi connectivity index (χ1v) is 7.63. The van der Waals surface area contributed by atoms with E-state index in [-0.39, 0.29) is 18.0 Å². The van der Waals surface area contributed by atoms with E-state index in [4.69, 9.17) is 4.42 Å². The van der Waals surface area contributed by atoms with E-state index < -0.39 is 5.76 Å². The standard InChI is InChI=1S/C18H13N3O4/c22-16-12-5-2-1-4-11(12)10(8-19-16)9-20-17(23)13-6-3-7-14-15(13)21-18(24)25-14/h1-8H,9H2,(H,19,22)(H,20,23)(H,21,24). The minimum Gasteiger partial charge on any atom is -0.408 e. The molecule has 3 N–H and O–H groups in total. The second-order valence-corrected chi connectivity index (χ2v) is 5.56. The van der Waals surface area contributed by atoms with Crippen molar-refractivity contribution in [3.63, 3.8) is 0 Å². The van der Waals surface area contributed by atoms with E-state index in [1.165, 1.54) is 0 Å². The van der Waals surface area contributed by atoms with E-state index in [0.29, 0.717) is 22.0 Å². The predicted octanol–water partition coefficient (Wildman–Crippen LogP) is 1.89. The molecule has 0 radical (unpaired) electrons. The smallest absolute Gasteiger partial charge is 0.408 e. The number of oxazole rings is 1. The molecule has 4 aromatic rings. The highest BCUT2D eigenvalue weighted by Gasteiger charge is 2.14. The Morgan fingerprint density at radius 2 is 1.84 bits per heavy atom. The number of aromatic amines is 2. The molecule has 0 aliphatic carbocycles. The molecule has 0 spiro atoms. The van der Waals surface area contributed by atoms with Crippen LogP contribution in [0.25, 0.3) is 21.9 Å². The molecule has 0 aliphatic rings. The summed E-state index contributed by atoms with van der Waals surface area (Å²) >= 11 is 0. The molecule has 25 heavy (non-hydrogen) atoms. The number of benzene rings is 2. The van der Waals surface area contributed by atoms with Crippen molar-refractivity contribution in [1.29, 1.82) is 0 Å². The molecule has 1 amide bonds. The Labute approximate surface area is 140 Å². The van der Waals surface area contributed by atoms with Crippen molar-refractivity contribution in [1.82, 2.24) is 15.3 Å². The zero-order valence-corrected chi connectivity index (χ0v) is 13.0. The van der Waals surface area contributed by atoms with Crippen LogP contribution < -0.4 is 16.6 Å². The fourth-order valence-corrected chi connectivity index (χ4v) is 2.85. The van der Waals surface area contributed by atoms with Gasteiger partial charge < -0.3 is 14.7 Å². The summed E-state index contributed by atoms with van der Waals surface area (Å²) in [5.41, 5.74) is 1.61. The average molecular weight is 335 g/mol. The number of amides is 1. The summed E-state index contributed by atoms with van der Waals surface area (Å²) in [6.07, 6.45) is 1.59. The van der Waals surface area contributed by atoms with E-state index in [1.54, 1.807) is 36.5 Å². The Hall–Kier alpha value is -3.61. The first-order valence-electron chi connectivity index (χ1n) is 7.63. The maximum absolute atomic E-state index is 12.5. The quantitative estimate of drug-likeness (QED) is 0.531. The van der Waals surface area contributed by atoms with Crippen molar-refractivity contribution in [2.45, 2.75) is 6.54 Å². The molecular formula is C18H13N3O4. The average Bonchev–Trinajstić information content (AvgIpc) is 3.01. The molecule has 2 aromatic carbocycles. The number of rotatable bonds is 3. The van der Waals surface area contributed by atoms with Gasteiger partial charge in [0.25, 0.3) is 11.5 Å². The van der Waals surface area contributed by atoms with E-state index in [2.05, 4.69) is 15.3 Å². The summed E-state index contributed by atoms with van der Waals surface area (Å²) in [5.74, 6) is -0.959. The van der Waals surface area contributed by atoms with Crippen LogP contribution in [0.1, 0.15) is 15.9 Å². The van der Waals surface area contributed by atoms with Crippen molar-refractivity contribution >= 4 is 27.8 Å². The second kappa shape index (κ2) is 5.79. The molecule has 7 heteroatoms. The number of hydrogen-bond donors (Lipinski definition) is 3. The van der Waals surface area contributed by atoms with Crippen LogP contribution in [0.15, 0.2) is 62.7 Å². The molecule has 0 saturated carbocycles. The monoisotopic (exact) mass is 335 g/mol. The topological polar surface area (TPSA) is 108 Å². The van der Waals surface area contributed by atoms with Crippen LogP contribution in [-0.2, 0) is 6.54 Å². The van der Waals surface area contributed by atoms with Crippen LogP contribution in [-0.4, -0.2) is 15.9 Å². The van der Waals surface area contributed by atoms with Gasteiger partial charge in [0, 0.05) is 18.1 Å².